The highest BCUT2D eigenvalue weighted by atomic mass is 19.1. The lowest BCUT2D eigenvalue weighted by atomic mass is 10.3. The Morgan fingerprint density at radius 3 is 2.92 bits per heavy atom. The molecule has 3 nitrogen and oxygen atoms in total. The zero-order chi connectivity index (χ0) is 8.55. The molecule has 0 radical (unpaired) electrons. The Bertz CT molecular complexity index is 352. The third-order valence-electron chi connectivity index (χ3n) is 1.84. The Kier molecular flexibility index (Phi) is 1.51. The molecule has 0 aliphatic heterocycles. The van der Waals surface area contributed by atoms with Gasteiger partial charge in [0.05, 0.1) is 11.9 Å². The summed E-state index contributed by atoms with van der Waals surface area (Å²) < 4.78 is 13.0. The topological polar surface area (TPSA) is 49.6 Å². The first kappa shape index (κ1) is 7.17. The summed E-state index contributed by atoms with van der Waals surface area (Å²) in [6, 6.07) is 1.79. The molecule has 0 N–H and O–H groups in total. The van der Waals surface area contributed by atoms with Crippen molar-refractivity contribution in [3.63, 3.8) is 0 Å². The predicted molar refractivity (Wildman–Crippen MR) is 38.7 cm³/mol. The summed E-state index contributed by atoms with van der Waals surface area (Å²) in [6.45, 7) is 0. The fraction of sp³-hybridized carbons (Fsp3) is 0.375. The third kappa shape index (κ3) is 1.14. The van der Waals surface area contributed by atoms with Gasteiger partial charge in [-0.1, -0.05) is 0 Å². The van der Waals surface area contributed by atoms with Gasteiger partial charge in [-0.3, -0.25) is 0 Å². The van der Waals surface area contributed by atoms with Crippen LogP contribution in [0.1, 0.15) is 30.3 Å². The number of nitrogens with zero attached hydrogens (tertiary/aromatic N) is 3. The van der Waals surface area contributed by atoms with Crippen molar-refractivity contribution in [1.29, 1.82) is 5.26 Å². The largest absolute Gasteiger partial charge is 0.232 e. The molecule has 60 valence electrons. The molecule has 1 fully saturated rings. The molecule has 0 bridgehead atoms. The first-order valence-electron chi connectivity index (χ1n) is 3.74. The molecule has 0 atom stereocenters. The van der Waals surface area contributed by atoms with Crippen LogP contribution in [0.15, 0.2) is 6.20 Å². The van der Waals surface area contributed by atoms with Crippen molar-refractivity contribution < 1.29 is 4.39 Å². The van der Waals surface area contributed by atoms with Gasteiger partial charge in [0.1, 0.15) is 6.07 Å². The van der Waals surface area contributed by atoms with E-state index >= 15 is 0 Å². The van der Waals surface area contributed by atoms with Crippen molar-refractivity contribution in [2.45, 2.75) is 18.8 Å². The second-order valence-electron chi connectivity index (χ2n) is 2.81. The van der Waals surface area contributed by atoms with Crippen LogP contribution in [0.5, 0.6) is 0 Å². The predicted octanol–water partition coefficient (Wildman–Crippen LogP) is 1.36. The molecule has 0 unspecified atom stereocenters. The SMILES string of the molecule is N#Cc1ncc(F)c(C2CC2)n1. The lowest BCUT2D eigenvalue weighted by Gasteiger charge is -1.97. The van der Waals surface area contributed by atoms with Crippen molar-refractivity contribution in [2.75, 3.05) is 0 Å². The first-order valence-corrected chi connectivity index (χ1v) is 3.74. The van der Waals surface area contributed by atoms with Crippen LogP contribution < -0.4 is 0 Å². The molecule has 1 aliphatic carbocycles. The number of nitriles is 1. The minimum atomic E-state index is -0.392. The number of aromatic nitrogens is 2. The highest BCUT2D eigenvalue weighted by Crippen LogP contribution is 2.39. The second-order valence-corrected chi connectivity index (χ2v) is 2.81. The first-order chi connectivity index (χ1) is 5.81. The smallest absolute Gasteiger partial charge is 0.224 e. The van der Waals surface area contributed by atoms with E-state index in [4.69, 9.17) is 5.26 Å². The summed E-state index contributed by atoms with van der Waals surface area (Å²) in [5.74, 6) is -0.116. The van der Waals surface area contributed by atoms with Gasteiger partial charge in [-0.15, -0.1) is 0 Å². The molecule has 4 heteroatoms. The van der Waals surface area contributed by atoms with E-state index in [1.807, 2.05) is 0 Å². The van der Waals surface area contributed by atoms with Gasteiger partial charge in [0.25, 0.3) is 0 Å². The lowest BCUT2D eigenvalue weighted by molar-refractivity contribution is 0.590. The quantitative estimate of drug-likeness (QED) is 0.628. The highest BCUT2D eigenvalue weighted by Gasteiger charge is 2.28. The van der Waals surface area contributed by atoms with Gasteiger partial charge >= 0.3 is 0 Å². The molecule has 1 aromatic rings. The number of halogens is 1. The average molecular weight is 163 g/mol. The molecule has 0 saturated heterocycles. The normalized spacial score (nSPS) is 15.7. The Morgan fingerprint density at radius 2 is 2.33 bits per heavy atom. The van der Waals surface area contributed by atoms with Crippen molar-refractivity contribution in [1.82, 2.24) is 9.97 Å². The molecule has 1 aromatic heterocycles. The summed E-state index contributed by atoms with van der Waals surface area (Å²) >= 11 is 0. The molecular weight excluding hydrogens is 157 g/mol. The summed E-state index contributed by atoms with van der Waals surface area (Å²) in [5, 5.41) is 8.46. The van der Waals surface area contributed by atoms with Crippen LogP contribution in [-0.4, -0.2) is 9.97 Å². The van der Waals surface area contributed by atoms with Crippen molar-refractivity contribution in [3.8, 4) is 6.07 Å². The average Bonchev–Trinajstić information content (AvgIpc) is 2.88. The van der Waals surface area contributed by atoms with Gasteiger partial charge in [-0.25, -0.2) is 14.4 Å². The number of hydrogen-bond donors (Lipinski definition) is 0. The van der Waals surface area contributed by atoms with Gasteiger partial charge in [0, 0.05) is 5.92 Å². The summed E-state index contributed by atoms with van der Waals surface area (Å²) in [4.78, 5) is 7.33. The third-order valence-corrected chi connectivity index (χ3v) is 1.84. The van der Waals surface area contributed by atoms with Crippen LogP contribution in [-0.2, 0) is 0 Å². The van der Waals surface area contributed by atoms with E-state index in [2.05, 4.69) is 9.97 Å². The molecule has 0 spiro atoms. The van der Waals surface area contributed by atoms with Crippen molar-refractivity contribution in [3.05, 3.63) is 23.5 Å². The van der Waals surface area contributed by atoms with Gasteiger partial charge in [-0.05, 0) is 12.8 Å². The lowest BCUT2D eigenvalue weighted by Crippen LogP contribution is -1.98. The van der Waals surface area contributed by atoms with E-state index in [1.165, 1.54) is 0 Å². The minimum absolute atomic E-state index is 0.0540. The van der Waals surface area contributed by atoms with E-state index in [-0.39, 0.29) is 11.7 Å². The molecule has 0 amide bonds. The van der Waals surface area contributed by atoms with Gasteiger partial charge in [-0.2, -0.15) is 5.26 Å². The van der Waals surface area contributed by atoms with E-state index in [0.717, 1.165) is 19.0 Å². The fourth-order valence-corrected chi connectivity index (χ4v) is 1.08. The zero-order valence-corrected chi connectivity index (χ0v) is 6.29. The standard InChI is InChI=1S/C8H6FN3/c9-6-4-11-7(3-10)12-8(6)5-1-2-5/h4-5H,1-2H2. The Morgan fingerprint density at radius 1 is 1.58 bits per heavy atom. The summed E-state index contributed by atoms with van der Waals surface area (Å²) in [7, 11) is 0. The molecule has 12 heavy (non-hydrogen) atoms. The summed E-state index contributed by atoms with van der Waals surface area (Å²) in [5.41, 5.74) is 0.404. The highest BCUT2D eigenvalue weighted by molar-refractivity contribution is 5.20. The number of rotatable bonds is 1. The van der Waals surface area contributed by atoms with E-state index in [9.17, 15) is 4.39 Å². The number of hydrogen-bond acceptors (Lipinski definition) is 3. The van der Waals surface area contributed by atoms with Crippen LogP contribution >= 0.6 is 0 Å². The fourth-order valence-electron chi connectivity index (χ4n) is 1.08. The Balaban J connectivity index is 2.44. The van der Waals surface area contributed by atoms with Gasteiger partial charge < -0.3 is 0 Å². The van der Waals surface area contributed by atoms with E-state index in [1.54, 1.807) is 6.07 Å². The van der Waals surface area contributed by atoms with Crippen LogP contribution in [0.3, 0.4) is 0 Å². The van der Waals surface area contributed by atoms with E-state index < -0.39 is 5.82 Å². The maximum atomic E-state index is 13.0. The van der Waals surface area contributed by atoms with E-state index in [0.29, 0.717) is 5.69 Å². The van der Waals surface area contributed by atoms with Crippen LogP contribution in [0, 0.1) is 17.1 Å². The van der Waals surface area contributed by atoms with Gasteiger partial charge in [0.15, 0.2) is 5.82 Å². The van der Waals surface area contributed by atoms with Crippen LogP contribution in [0.2, 0.25) is 0 Å². The molecule has 2 rings (SSSR count). The van der Waals surface area contributed by atoms with Crippen LogP contribution in [0.4, 0.5) is 4.39 Å². The molecule has 0 aromatic carbocycles. The maximum absolute atomic E-state index is 13.0. The zero-order valence-electron chi connectivity index (χ0n) is 6.29. The minimum Gasteiger partial charge on any atom is -0.224 e. The molecule has 1 heterocycles. The Labute approximate surface area is 68.9 Å². The molecule has 1 saturated carbocycles. The summed E-state index contributed by atoms with van der Waals surface area (Å²) in [6.07, 6.45) is 3.01. The van der Waals surface area contributed by atoms with Crippen molar-refractivity contribution in [2.24, 2.45) is 0 Å². The monoisotopic (exact) mass is 163 g/mol. The maximum Gasteiger partial charge on any atom is 0.232 e. The second kappa shape index (κ2) is 2.52. The molecule has 1 aliphatic rings. The molecular formula is C8H6FN3. The van der Waals surface area contributed by atoms with Gasteiger partial charge in [0.2, 0.25) is 5.82 Å². The van der Waals surface area contributed by atoms with Crippen molar-refractivity contribution >= 4 is 0 Å². The van der Waals surface area contributed by atoms with Crippen LogP contribution in [0.25, 0.3) is 0 Å². The Hall–Kier alpha value is -1.50.